The molecule has 0 amide bonds. The Kier molecular flexibility index (Phi) is 4.71. The summed E-state index contributed by atoms with van der Waals surface area (Å²) in [6.07, 6.45) is 0.974. The largest absolute Gasteiger partial charge is 0.356 e. The minimum atomic E-state index is 0.192. The first-order valence-electron chi connectivity index (χ1n) is 8.51. The number of rotatable bonds is 4. The second kappa shape index (κ2) is 6.92. The molecule has 1 N–H and O–H groups in total. The average Bonchev–Trinajstić information content (AvgIpc) is 2.57. The second-order valence-corrected chi connectivity index (χ2v) is 7.31. The zero-order valence-electron chi connectivity index (χ0n) is 14.7. The summed E-state index contributed by atoms with van der Waals surface area (Å²) in [6.45, 7) is 6.71. The molecule has 1 heteroatoms. The van der Waals surface area contributed by atoms with E-state index in [0.29, 0.717) is 0 Å². The molecule has 3 rings (SSSR count). The molecule has 0 aliphatic heterocycles. The topological polar surface area (TPSA) is 12.0 Å². The van der Waals surface area contributed by atoms with Gasteiger partial charge in [0.1, 0.15) is 0 Å². The van der Waals surface area contributed by atoms with Crippen LogP contribution < -0.4 is 5.32 Å². The third-order valence-electron chi connectivity index (χ3n) is 4.24. The van der Waals surface area contributed by atoms with Gasteiger partial charge in [-0.05, 0) is 52.8 Å². The van der Waals surface area contributed by atoms with Crippen molar-refractivity contribution in [3.8, 4) is 0 Å². The fourth-order valence-corrected chi connectivity index (χ4v) is 2.76. The maximum Gasteiger partial charge on any atom is 0.0384 e. The van der Waals surface area contributed by atoms with Gasteiger partial charge < -0.3 is 5.32 Å². The predicted molar refractivity (Wildman–Crippen MR) is 104 cm³/mol. The van der Waals surface area contributed by atoms with Crippen molar-refractivity contribution in [3.63, 3.8) is 0 Å². The van der Waals surface area contributed by atoms with Crippen LogP contribution in [0.3, 0.4) is 0 Å². The van der Waals surface area contributed by atoms with Gasteiger partial charge in [-0.15, -0.1) is 0 Å². The van der Waals surface area contributed by atoms with E-state index in [2.05, 4.69) is 105 Å². The van der Waals surface area contributed by atoms with Gasteiger partial charge in [-0.3, -0.25) is 0 Å². The van der Waals surface area contributed by atoms with Crippen LogP contribution in [-0.2, 0) is 11.8 Å². The van der Waals surface area contributed by atoms with E-state index in [1.54, 1.807) is 0 Å². The summed E-state index contributed by atoms with van der Waals surface area (Å²) in [4.78, 5) is 0. The van der Waals surface area contributed by atoms with Gasteiger partial charge in [-0.1, -0.05) is 75.4 Å². The van der Waals surface area contributed by atoms with E-state index >= 15 is 0 Å². The van der Waals surface area contributed by atoms with Gasteiger partial charge in [0.15, 0.2) is 0 Å². The lowest BCUT2D eigenvalue weighted by Crippen LogP contribution is -2.10. The molecular weight excluding hydrogens is 290 g/mol. The average molecular weight is 315 g/mol. The van der Waals surface area contributed by atoms with Crippen LogP contribution in [0.5, 0.6) is 0 Å². The van der Waals surface area contributed by atoms with Gasteiger partial charge in [-0.2, -0.15) is 0 Å². The summed E-state index contributed by atoms with van der Waals surface area (Å²) in [5.41, 5.74) is 6.46. The third kappa shape index (κ3) is 4.26. The van der Waals surface area contributed by atoms with Crippen LogP contribution in [0.15, 0.2) is 78.9 Å². The van der Waals surface area contributed by atoms with Crippen molar-refractivity contribution >= 4 is 11.4 Å². The Morgan fingerprint density at radius 2 is 1.12 bits per heavy atom. The van der Waals surface area contributed by atoms with E-state index in [1.165, 1.54) is 16.7 Å². The molecule has 0 fully saturated rings. The Hall–Kier alpha value is -2.54. The van der Waals surface area contributed by atoms with Gasteiger partial charge in [0.25, 0.3) is 0 Å². The van der Waals surface area contributed by atoms with Crippen LogP contribution in [0, 0.1) is 0 Å². The Balaban J connectivity index is 1.66. The van der Waals surface area contributed by atoms with Crippen molar-refractivity contribution < 1.29 is 0 Å². The van der Waals surface area contributed by atoms with E-state index < -0.39 is 0 Å². The first-order valence-corrected chi connectivity index (χ1v) is 8.51. The van der Waals surface area contributed by atoms with Gasteiger partial charge in [0, 0.05) is 11.4 Å². The summed E-state index contributed by atoms with van der Waals surface area (Å²) in [6, 6.07) is 28.0. The Labute approximate surface area is 145 Å². The van der Waals surface area contributed by atoms with Crippen LogP contribution in [0.25, 0.3) is 0 Å². The highest BCUT2D eigenvalue weighted by atomic mass is 14.9. The Bertz CT molecular complexity index is 763. The minimum absolute atomic E-state index is 0.192. The number of nitrogens with one attached hydrogen (secondary N) is 1. The van der Waals surface area contributed by atoms with Gasteiger partial charge in [-0.25, -0.2) is 0 Å². The van der Waals surface area contributed by atoms with Crippen LogP contribution in [0.2, 0.25) is 0 Å². The van der Waals surface area contributed by atoms with E-state index in [4.69, 9.17) is 0 Å². The number of anilines is 2. The lowest BCUT2D eigenvalue weighted by molar-refractivity contribution is 0.590. The lowest BCUT2D eigenvalue weighted by Gasteiger charge is -2.19. The molecule has 0 radical (unpaired) electrons. The zero-order chi connectivity index (χ0) is 17.0. The van der Waals surface area contributed by atoms with Crippen molar-refractivity contribution in [1.82, 2.24) is 0 Å². The molecule has 0 saturated heterocycles. The molecule has 0 aliphatic carbocycles. The maximum absolute atomic E-state index is 3.47. The first kappa shape index (κ1) is 16.3. The Morgan fingerprint density at radius 1 is 0.625 bits per heavy atom. The fraction of sp³-hybridized carbons (Fsp3) is 0.217. The van der Waals surface area contributed by atoms with Crippen molar-refractivity contribution in [2.24, 2.45) is 0 Å². The molecule has 0 atom stereocenters. The second-order valence-electron chi connectivity index (χ2n) is 7.31. The van der Waals surface area contributed by atoms with E-state index in [9.17, 15) is 0 Å². The standard InChI is InChI=1S/C23H25N/c1-23(2,3)20-11-15-22(16-12-20)24-21-13-9-19(10-14-21)17-18-7-5-4-6-8-18/h4-16,24H,17H2,1-3H3. The molecule has 3 aromatic rings. The molecule has 0 saturated carbocycles. The number of benzene rings is 3. The molecule has 0 spiro atoms. The van der Waals surface area contributed by atoms with Crippen molar-refractivity contribution in [3.05, 3.63) is 95.6 Å². The summed E-state index contributed by atoms with van der Waals surface area (Å²) in [7, 11) is 0. The monoisotopic (exact) mass is 315 g/mol. The third-order valence-corrected chi connectivity index (χ3v) is 4.24. The highest BCUT2D eigenvalue weighted by Crippen LogP contribution is 2.25. The smallest absolute Gasteiger partial charge is 0.0384 e. The molecule has 0 aliphatic rings. The molecule has 1 nitrogen and oxygen atoms in total. The minimum Gasteiger partial charge on any atom is -0.356 e. The molecule has 24 heavy (non-hydrogen) atoms. The lowest BCUT2D eigenvalue weighted by atomic mass is 9.87. The van der Waals surface area contributed by atoms with Crippen molar-refractivity contribution in [2.45, 2.75) is 32.6 Å². The van der Waals surface area contributed by atoms with E-state index in [1.807, 2.05) is 0 Å². The van der Waals surface area contributed by atoms with Crippen LogP contribution >= 0.6 is 0 Å². The van der Waals surface area contributed by atoms with Gasteiger partial charge >= 0.3 is 0 Å². The van der Waals surface area contributed by atoms with E-state index in [-0.39, 0.29) is 5.41 Å². The van der Waals surface area contributed by atoms with Crippen LogP contribution in [-0.4, -0.2) is 0 Å². The number of hydrogen-bond donors (Lipinski definition) is 1. The molecule has 0 aromatic heterocycles. The highest BCUT2D eigenvalue weighted by Gasteiger charge is 2.12. The predicted octanol–water partition coefficient (Wildman–Crippen LogP) is 6.32. The summed E-state index contributed by atoms with van der Waals surface area (Å²) >= 11 is 0. The molecule has 0 bridgehead atoms. The highest BCUT2D eigenvalue weighted by molar-refractivity contribution is 5.60. The summed E-state index contributed by atoms with van der Waals surface area (Å²) in [5, 5.41) is 3.47. The summed E-state index contributed by atoms with van der Waals surface area (Å²) in [5.74, 6) is 0. The quantitative estimate of drug-likeness (QED) is 0.594. The zero-order valence-corrected chi connectivity index (χ0v) is 14.7. The van der Waals surface area contributed by atoms with Crippen molar-refractivity contribution in [1.29, 1.82) is 0 Å². The molecule has 0 unspecified atom stereocenters. The molecule has 3 aromatic carbocycles. The van der Waals surface area contributed by atoms with Crippen LogP contribution in [0.1, 0.15) is 37.5 Å². The fourth-order valence-electron chi connectivity index (χ4n) is 2.76. The normalized spacial score (nSPS) is 11.3. The molecule has 122 valence electrons. The maximum atomic E-state index is 3.47. The van der Waals surface area contributed by atoms with Crippen molar-refractivity contribution in [2.75, 3.05) is 5.32 Å². The van der Waals surface area contributed by atoms with Gasteiger partial charge in [0.05, 0.1) is 0 Å². The summed E-state index contributed by atoms with van der Waals surface area (Å²) < 4.78 is 0. The number of hydrogen-bond acceptors (Lipinski definition) is 1. The molecular formula is C23H25N. The van der Waals surface area contributed by atoms with Gasteiger partial charge in [0.2, 0.25) is 0 Å². The van der Waals surface area contributed by atoms with E-state index in [0.717, 1.165) is 17.8 Å². The van der Waals surface area contributed by atoms with Crippen LogP contribution in [0.4, 0.5) is 11.4 Å². The molecule has 0 heterocycles. The Morgan fingerprint density at radius 3 is 1.67 bits per heavy atom. The first-order chi connectivity index (χ1) is 11.5. The SMILES string of the molecule is CC(C)(C)c1ccc(Nc2ccc(Cc3ccccc3)cc2)cc1.